The number of para-hydroxylation sites is 1. The zero-order chi connectivity index (χ0) is 20.6. The quantitative estimate of drug-likeness (QED) is 0.656. The second-order valence-electron chi connectivity index (χ2n) is 7.33. The molecule has 1 saturated heterocycles. The Morgan fingerprint density at radius 2 is 1.76 bits per heavy atom. The Labute approximate surface area is 169 Å². The molecule has 0 unspecified atom stereocenters. The molecular formula is C21H23N3O4S. The fourth-order valence-corrected chi connectivity index (χ4v) is 5.03. The minimum atomic E-state index is -3.56. The summed E-state index contributed by atoms with van der Waals surface area (Å²) in [5, 5.41) is 4.84. The van der Waals surface area contributed by atoms with Gasteiger partial charge < -0.3 is 9.42 Å². The van der Waals surface area contributed by atoms with E-state index in [1.54, 1.807) is 17.0 Å². The Hall–Kier alpha value is -2.71. The Morgan fingerprint density at radius 3 is 2.48 bits per heavy atom. The minimum absolute atomic E-state index is 0.0766. The van der Waals surface area contributed by atoms with Gasteiger partial charge in [-0.2, -0.15) is 4.31 Å². The first-order valence-electron chi connectivity index (χ1n) is 9.55. The van der Waals surface area contributed by atoms with Crippen molar-refractivity contribution in [3.63, 3.8) is 0 Å². The Balaban J connectivity index is 1.42. The molecule has 1 aromatic heterocycles. The number of hydrogen-bond acceptors (Lipinski definition) is 5. The zero-order valence-electron chi connectivity index (χ0n) is 16.5. The molecule has 0 radical (unpaired) electrons. The van der Waals surface area contributed by atoms with E-state index in [9.17, 15) is 13.2 Å². The lowest BCUT2D eigenvalue weighted by molar-refractivity contribution is -0.131. The number of sulfonamides is 1. The van der Waals surface area contributed by atoms with Crippen molar-refractivity contribution in [2.24, 2.45) is 0 Å². The Morgan fingerprint density at radius 1 is 1.03 bits per heavy atom. The molecule has 4 rings (SSSR count). The molecule has 1 aliphatic rings. The molecule has 0 aliphatic carbocycles. The van der Waals surface area contributed by atoms with Crippen molar-refractivity contribution < 1.29 is 17.7 Å². The average molecular weight is 413 g/mol. The van der Waals surface area contributed by atoms with Crippen LogP contribution in [-0.4, -0.2) is 54.9 Å². The third kappa shape index (κ3) is 3.77. The van der Waals surface area contributed by atoms with Crippen molar-refractivity contribution >= 4 is 26.9 Å². The third-order valence-electron chi connectivity index (χ3n) is 5.48. The van der Waals surface area contributed by atoms with Crippen LogP contribution in [0, 0.1) is 13.8 Å². The number of nitrogens with zero attached hydrogens (tertiary/aromatic N) is 3. The Kier molecular flexibility index (Phi) is 5.14. The highest BCUT2D eigenvalue weighted by Gasteiger charge is 2.30. The SMILES string of the molecule is Cc1ccc(S(=O)(=O)N2CCN(C(=O)Cc3noc4ccccc34)CC2)cc1C. The summed E-state index contributed by atoms with van der Waals surface area (Å²) in [4.78, 5) is 14.7. The topological polar surface area (TPSA) is 83.7 Å². The van der Waals surface area contributed by atoms with E-state index in [0.29, 0.717) is 29.3 Å². The predicted octanol–water partition coefficient (Wildman–Crippen LogP) is 2.52. The van der Waals surface area contributed by atoms with Gasteiger partial charge in [-0.25, -0.2) is 8.42 Å². The molecule has 2 aromatic carbocycles. The molecule has 0 spiro atoms. The highest BCUT2D eigenvalue weighted by atomic mass is 32.2. The highest BCUT2D eigenvalue weighted by molar-refractivity contribution is 7.89. The first-order valence-corrected chi connectivity index (χ1v) is 11.0. The molecule has 0 bridgehead atoms. The van der Waals surface area contributed by atoms with E-state index in [0.717, 1.165) is 16.5 Å². The van der Waals surface area contributed by atoms with E-state index in [4.69, 9.17) is 4.52 Å². The van der Waals surface area contributed by atoms with Gasteiger partial charge in [0.05, 0.1) is 11.3 Å². The third-order valence-corrected chi connectivity index (χ3v) is 7.37. The molecule has 0 N–H and O–H groups in total. The maximum absolute atomic E-state index is 12.9. The fraction of sp³-hybridized carbons (Fsp3) is 0.333. The van der Waals surface area contributed by atoms with Crippen LogP contribution in [0.2, 0.25) is 0 Å². The molecule has 7 nitrogen and oxygen atoms in total. The molecule has 3 aromatic rings. The number of carbonyl (C=O) groups excluding carboxylic acids is 1. The largest absolute Gasteiger partial charge is 0.356 e. The fourth-order valence-electron chi connectivity index (χ4n) is 3.52. The van der Waals surface area contributed by atoms with E-state index in [-0.39, 0.29) is 25.4 Å². The van der Waals surface area contributed by atoms with Gasteiger partial charge in [0, 0.05) is 31.6 Å². The van der Waals surface area contributed by atoms with Gasteiger partial charge in [0.1, 0.15) is 5.69 Å². The zero-order valence-corrected chi connectivity index (χ0v) is 17.3. The summed E-state index contributed by atoms with van der Waals surface area (Å²) in [6.07, 6.45) is 0.140. The lowest BCUT2D eigenvalue weighted by Crippen LogP contribution is -2.50. The summed E-state index contributed by atoms with van der Waals surface area (Å²) >= 11 is 0. The summed E-state index contributed by atoms with van der Waals surface area (Å²) in [6.45, 7) is 5.13. The number of amides is 1. The molecule has 152 valence electrons. The van der Waals surface area contributed by atoms with E-state index < -0.39 is 10.0 Å². The lowest BCUT2D eigenvalue weighted by atomic mass is 10.1. The minimum Gasteiger partial charge on any atom is -0.356 e. The summed E-state index contributed by atoms with van der Waals surface area (Å²) in [5.41, 5.74) is 3.26. The van der Waals surface area contributed by atoms with Gasteiger partial charge in [-0.05, 0) is 49.2 Å². The number of aryl methyl sites for hydroxylation is 2. The molecule has 1 fully saturated rings. The monoisotopic (exact) mass is 413 g/mol. The second-order valence-corrected chi connectivity index (χ2v) is 9.27. The van der Waals surface area contributed by atoms with Crippen molar-refractivity contribution in [1.29, 1.82) is 0 Å². The van der Waals surface area contributed by atoms with Crippen LogP contribution in [0.5, 0.6) is 0 Å². The molecule has 2 heterocycles. The van der Waals surface area contributed by atoms with Crippen LogP contribution in [0.4, 0.5) is 0 Å². The molecule has 29 heavy (non-hydrogen) atoms. The van der Waals surface area contributed by atoms with Crippen molar-refractivity contribution in [2.75, 3.05) is 26.2 Å². The standard InChI is InChI=1S/C21H23N3O4S/c1-15-7-8-17(13-16(15)2)29(26,27)24-11-9-23(10-12-24)21(25)14-19-18-5-3-4-6-20(18)28-22-19/h3-8,13H,9-12,14H2,1-2H3. The van der Waals surface area contributed by atoms with E-state index >= 15 is 0 Å². The summed E-state index contributed by atoms with van der Waals surface area (Å²) < 4.78 is 32.6. The van der Waals surface area contributed by atoms with Crippen molar-refractivity contribution in [3.05, 3.63) is 59.3 Å². The summed E-state index contributed by atoms with van der Waals surface area (Å²) in [7, 11) is -3.56. The second kappa shape index (κ2) is 7.61. The van der Waals surface area contributed by atoms with Crippen LogP contribution in [0.25, 0.3) is 11.0 Å². The maximum atomic E-state index is 12.9. The van der Waals surface area contributed by atoms with Gasteiger partial charge in [-0.15, -0.1) is 0 Å². The first-order chi connectivity index (χ1) is 13.9. The Bertz CT molecular complexity index is 1160. The number of piperazine rings is 1. The average Bonchev–Trinajstić information content (AvgIpc) is 3.13. The van der Waals surface area contributed by atoms with E-state index in [1.165, 1.54) is 4.31 Å². The molecular weight excluding hydrogens is 390 g/mol. The van der Waals surface area contributed by atoms with Gasteiger partial charge in [-0.3, -0.25) is 4.79 Å². The van der Waals surface area contributed by atoms with Crippen LogP contribution in [0.1, 0.15) is 16.8 Å². The smallest absolute Gasteiger partial charge is 0.243 e. The lowest BCUT2D eigenvalue weighted by Gasteiger charge is -2.34. The first kappa shape index (κ1) is 19.6. The van der Waals surface area contributed by atoms with Crippen LogP contribution in [-0.2, 0) is 21.2 Å². The van der Waals surface area contributed by atoms with Crippen LogP contribution in [0.3, 0.4) is 0 Å². The number of hydrogen-bond donors (Lipinski definition) is 0. The predicted molar refractivity (Wildman–Crippen MR) is 109 cm³/mol. The van der Waals surface area contributed by atoms with Gasteiger partial charge in [0.15, 0.2) is 5.58 Å². The molecule has 1 amide bonds. The number of benzene rings is 2. The molecule has 1 aliphatic heterocycles. The number of rotatable bonds is 4. The van der Waals surface area contributed by atoms with Gasteiger partial charge >= 0.3 is 0 Å². The highest BCUT2D eigenvalue weighted by Crippen LogP contribution is 2.22. The maximum Gasteiger partial charge on any atom is 0.243 e. The summed E-state index contributed by atoms with van der Waals surface area (Å²) in [6, 6.07) is 12.6. The molecule has 0 saturated carbocycles. The van der Waals surface area contributed by atoms with Crippen molar-refractivity contribution in [3.8, 4) is 0 Å². The molecule has 0 atom stereocenters. The number of carbonyl (C=O) groups is 1. The van der Waals surface area contributed by atoms with Crippen molar-refractivity contribution in [1.82, 2.24) is 14.4 Å². The van der Waals surface area contributed by atoms with Gasteiger partial charge in [-0.1, -0.05) is 23.4 Å². The van der Waals surface area contributed by atoms with E-state index in [1.807, 2.05) is 44.2 Å². The van der Waals surface area contributed by atoms with Crippen molar-refractivity contribution in [2.45, 2.75) is 25.2 Å². The number of aromatic nitrogens is 1. The van der Waals surface area contributed by atoms with Gasteiger partial charge in [0.2, 0.25) is 15.9 Å². The van der Waals surface area contributed by atoms with Crippen LogP contribution in [0.15, 0.2) is 51.9 Å². The van der Waals surface area contributed by atoms with Crippen LogP contribution < -0.4 is 0 Å². The molecule has 8 heteroatoms. The normalized spacial score (nSPS) is 15.7. The van der Waals surface area contributed by atoms with E-state index in [2.05, 4.69) is 5.16 Å². The summed E-state index contributed by atoms with van der Waals surface area (Å²) in [5.74, 6) is -0.0766. The number of fused-ring (bicyclic) bond motifs is 1. The van der Waals surface area contributed by atoms with Gasteiger partial charge in [0.25, 0.3) is 0 Å². The van der Waals surface area contributed by atoms with Crippen LogP contribution >= 0.6 is 0 Å².